The van der Waals surface area contributed by atoms with Crippen LogP contribution in [0.2, 0.25) is 66.5 Å². The van der Waals surface area contributed by atoms with Gasteiger partial charge in [0.05, 0.1) is 0 Å². The summed E-state index contributed by atoms with van der Waals surface area (Å²) in [5.41, 5.74) is 30.1. The van der Waals surface area contributed by atoms with Crippen molar-refractivity contribution in [2.24, 2.45) is 0 Å². The average molecular weight is 1180 g/mol. The van der Waals surface area contributed by atoms with Crippen molar-refractivity contribution in [1.29, 1.82) is 0 Å². The first-order valence-corrected chi connectivity index (χ1v) is 41.4. The van der Waals surface area contributed by atoms with Gasteiger partial charge < -0.3 is 0 Å². The molecule has 84 heavy (non-hydrogen) atoms. The molecule has 8 aromatic rings. The van der Waals surface area contributed by atoms with Crippen LogP contribution in [0, 0.1) is 45.9 Å². The van der Waals surface area contributed by atoms with Crippen molar-refractivity contribution in [3.8, 4) is 57.0 Å². The summed E-state index contributed by atoms with van der Waals surface area (Å²) in [7, 11) is -8.32. The predicted octanol–water partition coefficient (Wildman–Crippen LogP) is 24.6. The van der Waals surface area contributed by atoms with Gasteiger partial charge in [0, 0.05) is 22.3 Å². The molecule has 0 saturated heterocycles. The molecule has 0 fully saturated rings. The van der Waals surface area contributed by atoms with Crippen molar-refractivity contribution in [2.45, 2.75) is 233 Å². The summed E-state index contributed by atoms with van der Waals surface area (Å²) in [6, 6.07) is 42.1. The molecule has 0 aromatic heterocycles. The largest absolute Gasteiger partial charge is 0.146 e. The van der Waals surface area contributed by atoms with Crippen molar-refractivity contribution >= 4 is 96.9 Å². The number of hydrogen-bond acceptors (Lipinski definition) is 0. The molecule has 0 bridgehead atoms. The highest BCUT2D eigenvalue weighted by molar-refractivity contribution is 6.92. The van der Waals surface area contributed by atoms with Crippen LogP contribution in [0.4, 0.5) is 0 Å². The SMILES string of the molecule is CC(C)[Si](C#Cc1c2ccccc2c(C#C[Si](C(C)C)(C(C)C)C(C)C)c2cc3cc(-c4ccc5cc6c(C#C[Si](C(C)C)(C(C)C)C(C)C)c7ccccc7c(C#C[Si](C(C)C)(C(C)C)C(C)C)c6cc5c4)ccc3cc12)(C(C)C)C(C)C. The minimum absolute atomic E-state index is 0.526. The van der Waals surface area contributed by atoms with Crippen LogP contribution in [0.3, 0.4) is 0 Å². The Morgan fingerprint density at radius 3 is 0.595 bits per heavy atom. The van der Waals surface area contributed by atoms with Gasteiger partial charge in [-0.2, -0.15) is 0 Å². The molecule has 0 heterocycles. The topological polar surface area (TPSA) is 0 Å². The smallest absolute Gasteiger partial charge is 0.125 e. The van der Waals surface area contributed by atoms with Gasteiger partial charge in [-0.05, 0) is 179 Å². The van der Waals surface area contributed by atoms with E-state index in [4.69, 9.17) is 0 Å². The van der Waals surface area contributed by atoms with Gasteiger partial charge in [0.2, 0.25) is 0 Å². The van der Waals surface area contributed by atoms with Crippen LogP contribution in [0.25, 0.3) is 75.8 Å². The first-order chi connectivity index (χ1) is 39.5. The maximum atomic E-state index is 4.19. The fourth-order valence-corrected chi connectivity index (χ4v) is 38.0. The molecule has 0 radical (unpaired) electrons. The van der Waals surface area contributed by atoms with E-state index in [0.717, 1.165) is 22.3 Å². The van der Waals surface area contributed by atoms with E-state index >= 15 is 0 Å². The van der Waals surface area contributed by atoms with E-state index in [-0.39, 0.29) is 0 Å². The Morgan fingerprint density at radius 1 is 0.214 bits per heavy atom. The summed E-state index contributed by atoms with van der Waals surface area (Å²) in [5.74, 6) is 16.2. The molecule has 0 N–H and O–H groups in total. The van der Waals surface area contributed by atoms with Crippen molar-refractivity contribution in [1.82, 2.24) is 0 Å². The minimum atomic E-state index is -2.09. The molecule has 438 valence electrons. The molecule has 8 rings (SSSR count). The highest BCUT2D eigenvalue weighted by Gasteiger charge is 2.45. The van der Waals surface area contributed by atoms with Gasteiger partial charge in [-0.15, -0.1) is 22.2 Å². The molecule has 0 aliphatic carbocycles. The molecule has 4 heteroatoms. The molecule has 0 atom stereocenters. The minimum Gasteiger partial charge on any atom is -0.125 e. The monoisotopic (exact) mass is 1170 g/mol. The van der Waals surface area contributed by atoms with E-state index in [1.165, 1.54) is 75.8 Å². The van der Waals surface area contributed by atoms with Gasteiger partial charge in [-0.1, -0.05) is 263 Å². The standard InChI is InChI=1S/C80H102Si4/c1-51(2)81(52(3)4,53(5)6)41-37-73-69-29-25-27-31-71(69)75(39-43-83(57(13)14,58(15)16)59(17)18)79-49-67-45-63(33-35-65(67)47-77(73)79)64-34-36-66-48-78-74(38-42-82(54(7)8,55(9)10)56(11)12)70-30-26-28-32-72(70)76(80(78)50-68(66)46-64)40-44-84(60(19)20,61(21)22)62(23)24/h25-36,45-62H,1-24H3. The maximum Gasteiger partial charge on any atom is 0.146 e. The summed E-state index contributed by atoms with van der Waals surface area (Å²) < 4.78 is 0. The van der Waals surface area contributed by atoms with Crippen LogP contribution in [0.5, 0.6) is 0 Å². The molecule has 0 saturated carbocycles. The zero-order chi connectivity index (χ0) is 61.7. The van der Waals surface area contributed by atoms with Gasteiger partial charge in [-0.3, -0.25) is 0 Å². The first-order valence-electron chi connectivity index (χ1n) is 32.5. The zero-order valence-corrected chi connectivity index (χ0v) is 60.3. The lowest BCUT2D eigenvalue weighted by atomic mass is 9.89. The van der Waals surface area contributed by atoms with Crippen LogP contribution in [-0.2, 0) is 0 Å². The fraction of sp³-hybridized carbons (Fsp3) is 0.450. The van der Waals surface area contributed by atoms with Crippen LogP contribution >= 0.6 is 0 Å². The van der Waals surface area contributed by atoms with E-state index in [9.17, 15) is 0 Å². The lowest BCUT2D eigenvalue weighted by molar-refractivity contribution is 0.838. The van der Waals surface area contributed by atoms with E-state index in [1.807, 2.05) is 0 Å². The highest BCUT2D eigenvalue weighted by atomic mass is 28.3. The summed E-state index contributed by atoms with van der Waals surface area (Å²) in [6.07, 6.45) is 0. The third kappa shape index (κ3) is 11.0. The second-order valence-corrected chi connectivity index (χ2v) is 51.4. The predicted molar refractivity (Wildman–Crippen MR) is 389 cm³/mol. The van der Waals surface area contributed by atoms with E-state index < -0.39 is 32.3 Å². The Kier molecular flexibility index (Phi) is 19.2. The van der Waals surface area contributed by atoms with Crippen molar-refractivity contribution in [3.05, 3.63) is 131 Å². The van der Waals surface area contributed by atoms with E-state index in [0.29, 0.717) is 66.5 Å². The van der Waals surface area contributed by atoms with E-state index in [2.05, 4.69) is 321 Å². The summed E-state index contributed by atoms with van der Waals surface area (Å²) in [5, 5.41) is 14.6. The highest BCUT2D eigenvalue weighted by Crippen LogP contribution is 2.47. The van der Waals surface area contributed by atoms with Gasteiger partial charge >= 0.3 is 0 Å². The fourth-order valence-electron chi connectivity index (χ4n) is 17.2. The van der Waals surface area contributed by atoms with Gasteiger partial charge in [0.1, 0.15) is 32.3 Å². The van der Waals surface area contributed by atoms with Crippen LogP contribution < -0.4 is 0 Å². The lowest BCUT2D eigenvalue weighted by Gasteiger charge is -2.38. The first kappa shape index (κ1) is 64.4. The molecule has 0 aliphatic heterocycles. The number of benzene rings is 8. The van der Waals surface area contributed by atoms with E-state index in [1.54, 1.807) is 0 Å². The normalized spacial score (nSPS) is 13.0. The third-order valence-corrected chi connectivity index (χ3v) is 46.5. The Hall–Kier alpha value is -5.57. The Morgan fingerprint density at radius 2 is 0.405 bits per heavy atom. The Balaban J connectivity index is 1.44. The molecule has 8 aromatic carbocycles. The van der Waals surface area contributed by atoms with Crippen molar-refractivity contribution < 1.29 is 0 Å². The number of hydrogen-bond donors (Lipinski definition) is 0. The zero-order valence-electron chi connectivity index (χ0n) is 56.3. The maximum absolute atomic E-state index is 4.19. The average Bonchev–Trinajstić information content (AvgIpc) is 1.09. The molecule has 0 aliphatic rings. The number of fused-ring (bicyclic) bond motifs is 6. The van der Waals surface area contributed by atoms with Crippen molar-refractivity contribution in [3.63, 3.8) is 0 Å². The summed E-state index contributed by atoms with van der Waals surface area (Å²) in [6.45, 7) is 58.2. The Labute approximate surface area is 514 Å². The second-order valence-electron chi connectivity index (χ2n) is 29.1. The number of rotatable bonds is 13. The van der Waals surface area contributed by atoms with Gasteiger partial charge in [-0.25, -0.2) is 0 Å². The molecular formula is C80H102Si4. The molecule has 0 unspecified atom stereocenters. The lowest BCUT2D eigenvalue weighted by Crippen LogP contribution is -2.43. The van der Waals surface area contributed by atoms with Crippen LogP contribution in [-0.4, -0.2) is 32.3 Å². The molecule has 0 amide bonds. The summed E-state index contributed by atoms with van der Waals surface area (Å²) >= 11 is 0. The van der Waals surface area contributed by atoms with Crippen LogP contribution in [0.1, 0.15) is 188 Å². The summed E-state index contributed by atoms with van der Waals surface area (Å²) in [4.78, 5) is 0. The second kappa shape index (κ2) is 25.0. The molecular weight excluding hydrogens is 1070 g/mol. The van der Waals surface area contributed by atoms with Crippen LogP contribution in [0.15, 0.2) is 109 Å². The quantitative estimate of drug-likeness (QED) is 0.0613. The molecule has 0 nitrogen and oxygen atoms in total. The third-order valence-electron chi connectivity index (χ3n) is 21.4. The van der Waals surface area contributed by atoms with Gasteiger partial charge in [0.25, 0.3) is 0 Å². The molecule has 0 spiro atoms. The Bertz CT molecular complexity index is 3700. The van der Waals surface area contributed by atoms with Crippen molar-refractivity contribution in [2.75, 3.05) is 0 Å². The van der Waals surface area contributed by atoms with Gasteiger partial charge in [0.15, 0.2) is 0 Å².